The van der Waals surface area contributed by atoms with E-state index in [-0.39, 0.29) is 18.6 Å². The van der Waals surface area contributed by atoms with E-state index in [1.165, 1.54) is 0 Å². The van der Waals surface area contributed by atoms with Crippen molar-refractivity contribution in [2.24, 2.45) is 11.8 Å². The fraction of sp³-hybridized carbons (Fsp3) is 0.875. The van der Waals surface area contributed by atoms with Crippen molar-refractivity contribution >= 4 is 12.0 Å². The van der Waals surface area contributed by atoms with E-state index in [9.17, 15) is 14.7 Å². The van der Waals surface area contributed by atoms with E-state index >= 15 is 0 Å². The molecule has 2 N–H and O–H groups in total. The zero-order valence-corrected chi connectivity index (χ0v) is 14.2. The van der Waals surface area contributed by atoms with Crippen molar-refractivity contribution < 1.29 is 14.7 Å². The SMILES string of the molecule is CCCCN(C(=O)NCC(CC(C)C)C(=O)O)C(C)CC. The molecule has 2 atom stereocenters. The number of aliphatic carboxylic acids is 1. The predicted octanol–water partition coefficient (Wildman–Crippen LogP) is 3.34. The third-order valence-electron chi connectivity index (χ3n) is 3.74. The minimum absolute atomic E-state index is 0.146. The van der Waals surface area contributed by atoms with E-state index in [0.29, 0.717) is 12.3 Å². The average molecular weight is 300 g/mol. The molecule has 0 spiro atoms. The second-order valence-corrected chi connectivity index (χ2v) is 6.15. The highest BCUT2D eigenvalue weighted by atomic mass is 16.4. The molecule has 0 bridgehead atoms. The van der Waals surface area contributed by atoms with Crippen LogP contribution in [0, 0.1) is 11.8 Å². The standard InChI is InChI=1S/C16H32N2O3/c1-6-8-9-18(13(5)7-2)16(21)17-11-14(15(19)20)10-12(3)4/h12-14H,6-11H2,1-5H3,(H,17,21)(H,19,20). The van der Waals surface area contributed by atoms with Gasteiger partial charge in [0, 0.05) is 19.1 Å². The van der Waals surface area contributed by atoms with Gasteiger partial charge in [0.15, 0.2) is 0 Å². The molecule has 124 valence electrons. The Labute approximate surface area is 129 Å². The number of carbonyl (C=O) groups is 2. The van der Waals surface area contributed by atoms with Crippen LogP contribution in [0.3, 0.4) is 0 Å². The van der Waals surface area contributed by atoms with Gasteiger partial charge < -0.3 is 15.3 Å². The summed E-state index contributed by atoms with van der Waals surface area (Å²) in [6.07, 6.45) is 3.47. The van der Waals surface area contributed by atoms with Crippen LogP contribution in [0.4, 0.5) is 4.79 Å². The molecular formula is C16H32N2O3. The van der Waals surface area contributed by atoms with Gasteiger partial charge in [-0.05, 0) is 32.1 Å². The lowest BCUT2D eigenvalue weighted by Gasteiger charge is -2.29. The second-order valence-electron chi connectivity index (χ2n) is 6.15. The van der Waals surface area contributed by atoms with Crippen molar-refractivity contribution in [2.45, 2.75) is 66.3 Å². The van der Waals surface area contributed by atoms with E-state index < -0.39 is 11.9 Å². The number of nitrogens with one attached hydrogen (secondary N) is 1. The van der Waals surface area contributed by atoms with Gasteiger partial charge in [-0.1, -0.05) is 34.1 Å². The summed E-state index contributed by atoms with van der Waals surface area (Å²) in [6, 6.07) is 0.0257. The Bertz CT molecular complexity index is 319. The van der Waals surface area contributed by atoms with Crippen molar-refractivity contribution in [3.63, 3.8) is 0 Å². The number of hydrogen-bond donors (Lipinski definition) is 2. The van der Waals surface area contributed by atoms with E-state index in [0.717, 1.165) is 25.8 Å². The fourth-order valence-corrected chi connectivity index (χ4v) is 2.22. The smallest absolute Gasteiger partial charge is 0.317 e. The number of nitrogens with zero attached hydrogens (tertiary/aromatic N) is 1. The van der Waals surface area contributed by atoms with Gasteiger partial charge in [-0.2, -0.15) is 0 Å². The number of rotatable bonds is 10. The van der Waals surface area contributed by atoms with Crippen LogP contribution < -0.4 is 5.32 Å². The van der Waals surface area contributed by atoms with Crippen LogP contribution in [-0.4, -0.2) is 41.1 Å². The minimum Gasteiger partial charge on any atom is -0.481 e. The van der Waals surface area contributed by atoms with Crippen LogP contribution in [0.25, 0.3) is 0 Å². The largest absolute Gasteiger partial charge is 0.481 e. The molecule has 0 aliphatic heterocycles. The van der Waals surface area contributed by atoms with Crippen LogP contribution in [0.2, 0.25) is 0 Å². The van der Waals surface area contributed by atoms with Crippen molar-refractivity contribution in [3.8, 4) is 0 Å². The molecule has 0 aromatic carbocycles. The zero-order valence-electron chi connectivity index (χ0n) is 14.2. The van der Waals surface area contributed by atoms with Gasteiger partial charge in [0.05, 0.1) is 5.92 Å². The van der Waals surface area contributed by atoms with Crippen LogP contribution in [0.1, 0.15) is 60.3 Å². The molecule has 0 aliphatic carbocycles. The third kappa shape index (κ3) is 7.93. The Hall–Kier alpha value is -1.26. The maximum atomic E-state index is 12.3. The van der Waals surface area contributed by atoms with Crippen molar-refractivity contribution in [1.29, 1.82) is 0 Å². The quantitative estimate of drug-likeness (QED) is 0.650. The van der Waals surface area contributed by atoms with E-state index in [4.69, 9.17) is 0 Å². The first-order valence-electron chi connectivity index (χ1n) is 8.10. The van der Waals surface area contributed by atoms with Gasteiger partial charge >= 0.3 is 12.0 Å². The summed E-state index contributed by atoms with van der Waals surface area (Å²) in [5.74, 6) is -1.06. The van der Waals surface area contributed by atoms with Crippen molar-refractivity contribution in [1.82, 2.24) is 10.2 Å². The van der Waals surface area contributed by atoms with E-state index in [1.807, 2.05) is 25.7 Å². The Morgan fingerprint density at radius 3 is 2.24 bits per heavy atom. The third-order valence-corrected chi connectivity index (χ3v) is 3.74. The predicted molar refractivity (Wildman–Crippen MR) is 85.3 cm³/mol. The summed E-state index contributed by atoms with van der Waals surface area (Å²) in [4.78, 5) is 25.3. The summed E-state index contributed by atoms with van der Waals surface area (Å²) in [5.41, 5.74) is 0. The van der Waals surface area contributed by atoms with Crippen LogP contribution in [0.15, 0.2) is 0 Å². The van der Waals surface area contributed by atoms with E-state index in [1.54, 1.807) is 0 Å². The molecule has 21 heavy (non-hydrogen) atoms. The summed E-state index contributed by atoms with van der Waals surface area (Å²) in [5, 5.41) is 12.0. The lowest BCUT2D eigenvalue weighted by molar-refractivity contribution is -0.142. The second kappa shape index (κ2) is 10.5. The van der Waals surface area contributed by atoms with Gasteiger partial charge in [0.25, 0.3) is 0 Å². The first-order valence-corrected chi connectivity index (χ1v) is 8.10. The molecule has 0 aliphatic rings. The summed E-state index contributed by atoms with van der Waals surface area (Å²) in [6.45, 7) is 11.1. The molecule has 2 unspecified atom stereocenters. The Balaban J connectivity index is 4.54. The van der Waals surface area contributed by atoms with Crippen LogP contribution in [0.5, 0.6) is 0 Å². The molecule has 5 nitrogen and oxygen atoms in total. The van der Waals surface area contributed by atoms with E-state index in [2.05, 4.69) is 19.2 Å². The van der Waals surface area contributed by atoms with Crippen LogP contribution in [-0.2, 0) is 4.79 Å². The number of unbranched alkanes of at least 4 members (excludes halogenated alkanes) is 1. The molecule has 0 heterocycles. The highest BCUT2D eigenvalue weighted by Gasteiger charge is 2.23. The number of urea groups is 1. The Morgan fingerprint density at radius 2 is 1.81 bits per heavy atom. The Kier molecular flexibility index (Phi) is 9.84. The van der Waals surface area contributed by atoms with Crippen LogP contribution >= 0.6 is 0 Å². The maximum Gasteiger partial charge on any atom is 0.317 e. The summed E-state index contributed by atoms with van der Waals surface area (Å²) < 4.78 is 0. The molecule has 0 saturated carbocycles. The Morgan fingerprint density at radius 1 is 1.19 bits per heavy atom. The van der Waals surface area contributed by atoms with Crippen molar-refractivity contribution in [3.05, 3.63) is 0 Å². The topological polar surface area (TPSA) is 69.6 Å². The van der Waals surface area contributed by atoms with Crippen molar-refractivity contribution in [2.75, 3.05) is 13.1 Å². The lowest BCUT2D eigenvalue weighted by Crippen LogP contribution is -2.47. The summed E-state index contributed by atoms with van der Waals surface area (Å²) in [7, 11) is 0. The maximum absolute atomic E-state index is 12.3. The monoisotopic (exact) mass is 300 g/mol. The summed E-state index contributed by atoms with van der Waals surface area (Å²) >= 11 is 0. The molecule has 5 heteroatoms. The molecule has 0 saturated heterocycles. The molecule has 2 amide bonds. The number of carbonyl (C=O) groups excluding carboxylic acids is 1. The molecule has 0 aromatic rings. The zero-order chi connectivity index (χ0) is 16.4. The minimum atomic E-state index is -0.840. The van der Waals surface area contributed by atoms with Gasteiger partial charge in [0.1, 0.15) is 0 Å². The normalized spacial score (nSPS) is 13.8. The number of carboxylic acid groups (broad SMARTS) is 1. The highest BCUT2D eigenvalue weighted by Crippen LogP contribution is 2.12. The molecule has 0 fully saturated rings. The van der Waals surface area contributed by atoms with Gasteiger partial charge in [0.2, 0.25) is 0 Å². The molecule has 0 rings (SSSR count). The van der Waals surface area contributed by atoms with Gasteiger partial charge in [-0.15, -0.1) is 0 Å². The number of carboxylic acids is 1. The number of hydrogen-bond acceptors (Lipinski definition) is 2. The number of amides is 2. The lowest BCUT2D eigenvalue weighted by atomic mass is 9.97. The molecule has 0 radical (unpaired) electrons. The van der Waals surface area contributed by atoms with Gasteiger partial charge in [-0.3, -0.25) is 4.79 Å². The first-order chi connectivity index (χ1) is 9.83. The highest BCUT2D eigenvalue weighted by molar-refractivity contribution is 5.76. The fourth-order valence-electron chi connectivity index (χ4n) is 2.22. The first kappa shape index (κ1) is 19.7. The average Bonchev–Trinajstić information content (AvgIpc) is 2.42. The van der Waals surface area contributed by atoms with Gasteiger partial charge in [-0.25, -0.2) is 4.79 Å². The molecule has 0 aromatic heterocycles. The molecular weight excluding hydrogens is 268 g/mol.